The van der Waals surface area contributed by atoms with Crippen molar-refractivity contribution >= 4 is 8.32 Å². The number of fused-ring (bicyclic) bond motifs is 1. The first-order chi connectivity index (χ1) is 16.2. The molecule has 0 unspecified atom stereocenters. The van der Waals surface area contributed by atoms with Gasteiger partial charge in [0.1, 0.15) is 12.2 Å². The molecule has 1 saturated carbocycles. The summed E-state index contributed by atoms with van der Waals surface area (Å²) in [5.41, 5.74) is 2.24. The summed E-state index contributed by atoms with van der Waals surface area (Å²) in [4.78, 5) is 0. The zero-order valence-electron chi connectivity index (χ0n) is 21.1. The summed E-state index contributed by atoms with van der Waals surface area (Å²) >= 11 is 0. The van der Waals surface area contributed by atoms with Crippen LogP contribution in [0.15, 0.2) is 60.7 Å². The van der Waals surface area contributed by atoms with Gasteiger partial charge in [-0.1, -0.05) is 81.4 Å². The van der Waals surface area contributed by atoms with Crippen molar-refractivity contribution in [3.8, 4) is 0 Å². The smallest absolute Gasteiger partial charge is 0.192 e. The van der Waals surface area contributed by atoms with E-state index in [1.807, 2.05) is 36.4 Å². The highest BCUT2D eigenvalue weighted by Crippen LogP contribution is 2.52. The first-order valence-corrected chi connectivity index (χ1v) is 15.3. The Bertz CT molecular complexity index is 898. The molecule has 0 amide bonds. The lowest BCUT2D eigenvalue weighted by Gasteiger charge is -2.41. The number of aliphatic hydroxyl groups excluding tert-OH is 1. The van der Waals surface area contributed by atoms with E-state index in [2.05, 4.69) is 58.1 Å². The first kappa shape index (κ1) is 25.5. The van der Waals surface area contributed by atoms with Gasteiger partial charge in [0, 0.05) is 18.4 Å². The minimum atomic E-state index is -1.96. The van der Waals surface area contributed by atoms with Crippen LogP contribution in [-0.2, 0) is 31.9 Å². The Morgan fingerprint density at radius 1 is 0.853 bits per heavy atom. The van der Waals surface area contributed by atoms with Gasteiger partial charge in [-0.3, -0.25) is 0 Å². The Morgan fingerprint density at radius 3 is 1.88 bits per heavy atom. The van der Waals surface area contributed by atoms with Gasteiger partial charge < -0.3 is 23.7 Å². The normalized spacial score (nSPS) is 29.0. The third-order valence-corrected chi connectivity index (χ3v) is 12.3. The largest absolute Gasteiger partial charge is 0.414 e. The second-order valence-corrected chi connectivity index (χ2v) is 16.0. The minimum absolute atomic E-state index is 0.00429. The van der Waals surface area contributed by atoms with Crippen LogP contribution in [-0.4, -0.2) is 51.1 Å². The van der Waals surface area contributed by atoms with Crippen LogP contribution < -0.4 is 0 Å². The molecule has 5 nitrogen and oxygen atoms in total. The van der Waals surface area contributed by atoms with Crippen LogP contribution in [0.2, 0.25) is 18.1 Å². The van der Waals surface area contributed by atoms with E-state index in [-0.39, 0.29) is 47.9 Å². The SMILES string of the molecule is CC(C)(C)[Si](C)(C)OC[C@H]1O[C@@H]2[C@@H](CO)[C@@H]2[C@@H](OCc2ccccc2)[C@@H]1OCc1ccccc1. The topological polar surface area (TPSA) is 57.2 Å². The van der Waals surface area contributed by atoms with Crippen molar-refractivity contribution in [1.29, 1.82) is 0 Å². The molecule has 186 valence electrons. The number of ether oxygens (including phenoxy) is 3. The van der Waals surface area contributed by atoms with E-state index in [0.29, 0.717) is 19.8 Å². The van der Waals surface area contributed by atoms with E-state index >= 15 is 0 Å². The summed E-state index contributed by atoms with van der Waals surface area (Å²) in [5.74, 6) is 0.222. The monoisotopic (exact) mass is 484 g/mol. The fourth-order valence-corrected chi connectivity index (χ4v) is 5.52. The van der Waals surface area contributed by atoms with E-state index < -0.39 is 8.32 Å². The molecule has 2 fully saturated rings. The van der Waals surface area contributed by atoms with Gasteiger partial charge in [-0.2, -0.15) is 0 Å². The van der Waals surface area contributed by atoms with Crippen LogP contribution in [0.5, 0.6) is 0 Å². The van der Waals surface area contributed by atoms with Crippen molar-refractivity contribution in [2.24, 2.45) is 11.8 Å². The van der Waals surface area contributed by atoms with Crippen LogP contribution in [0.25, 0.3) is 0 Å². The predicted octanol–water partition coefficient (Wildman–Crippen LogP) is 5.18. The number of hydrogen-bond acceptors (Lipinski definition) is 5. The summed E-state index contributed by atoms with van der Waals surface area (Å²) in [5, 5.41) is 10.1. The third-order valence-electron chi connectivity index (χ3n) is 7.75. The Kier molecular flexibility index (Phi) is 7.97. The highest BCUT2D eigenvalue weighted by Gasteiger charge is 2.63. The lowest BCUT2D eigenvalue weighted by Crippen LogP contribution is -2.52. The molecule has 4 rings (SSSR count). The predicted molar refractivity (Wildman–Crippen MR) is 136 cm³/mol. The van der Waals surface area contributed by atoms with Gasteiger partial charge in [-0.25, -0.2) is 0 Å². The number of hydrogen-bond donors (Lipinski definition) is 1. The molecule has 1 aliphatic carbocycles. The molecule has 1 N–H and O–H groups in total. The molecule has 6 atom stereocenters. The van der Waals surface area contributed by atoms with Crippen LogP contribution in [0.1, 0.15) is 31.9 Å². The maximum Gasteiger partial charge on any atom is 0.192 e. The van der Waals surface area contributed by atoms with Crippen molar-refractivity contribution in [1.82, 2.24) is 0 Å². The zero-order chi connectivity index (χ0) is 24.3. The molecule has 0 bridgehead atoms. The average Bonchev–Trinajstić information content (AvgIpc) is 3.53. The van der Waals surface area contributed by atoms with Crippen LogP contribution >= 0.6 is 0 Å². The Labute approximate surface area is 205 Å². The summed E-state index contributed by atoms with van der Waals surface area (Å²) in [6.45, 7) is 12.8. The number of benzene rings is 2. The lowest BCUT2D eigenvalue weighted by atomic mass is 10.00. The van der Waals surface area contributed by atoms with E-state index in [1.165, 1.54) is 0 Å². The number of aliphatic hydroxyl groups is 1. The molecule has 1 saturated heterocycles. The average molecular weight is 485 g/mol. The summed E-state index contributed by atoms with van der Waals surface area (Å²) in [6, 6.07) is 20.4. The molecule has 2 aromatic carbocycles. The van der Waals surface area contributed by atoms with E-state index in [0.717, 1.165) is 11.1 Å². The summed E-state index contributed by atoms with van der Waals surface area (Å²) < 4.78 is 26.1. The molecule has 2 aliphatic rings. The van der Waals surface area contributed by atoms with E-state index in [4.69, 9.17) is 18.6 Å². The molecule has 0 spiro atoms. The number of rotatable bonds is 10. The molecule has 0 aromatic heterocycles. The van der Waals surface area contributed by atoms with Gasteiger partial charge in [-0.05, 0) is 29.3 Å². The van der Waals surface area contributed by atoms with Gasteiger partial charge in [0.05, 0.1) is 32.0 Å². The standard InChI is InChI=1S/C28H40O5Si/c1-28(2,3)34(4,5)32-19-23-26(30-17-20-12-8-6-9-13-20)27(24-22(16-29)25(24)33-23)31-18-21-14-10-7-11-15-21/h6-15,22-27,29H,16-19H2,1-5H3/t22-,23+,24-,25+,26+,27+/m0/s1. The molecule has 34 heavy (non-hydrogen) atoms. The molecular formula is C28H40O5Si. The fraction of sp³-hybridized carbons (Fsp3) is 0.571. The van der Waals surface area contributed by atoms with Crippen LogP contribution in [0.3, 0.4) is 0 Å². The van der Waals surface area contributed by atoms with E-state index in [9.17, 15) is 5.11 Å². The van der Waals surface area contributed by atoms with Gasteiger partial charge in [0.15, 0.2) is 8.32 Å². The molecule has 1 aliphatic heterocycles. The first-order valence-electron chi connectivity index (χ1n) is 12.4. The van der Waals surface area contributed by atoms with Crippen molar-refractivity contribution < 1.29 is 23.7 Å². The van der Waals surface area contributed by atoms with Crippen molar-refractivity contribution in [2.75, 3.05) is 13.2 Å². The van der Waals surface area contributed by atoms with Gasteiger partial charge in [0.2, 0.25) is 0 Å². The minimum Gasteiger partial charge on any atom is -0.414 e. The molecule has 0 radical (unpaired) electrons. The third kappa shape index (κ3) is 5.81. The highest BCUT2D eigenvalue weighted by atomic mass is 28.4. The van der Waals surface area contributed by atoms with Crippen molar-refractivity contribution in [3.05, 3.63) is 71.8 Å². The quantitative estimate of drug-likeness (QED) is 0.471. The van der Waals surface area contributed by atoms with Crippen molar-refractivity contribution in [3.63, 3.8) is 0 Å². The van der Waals surface area contributed by atoms with Gasteiger partial charge in [0.25, 0.3) is 0 Å². The molecule has 1 heterocycles. The van der Waals surface area contributed by atoms with Crippen LogP contribution in [0.4, 0.5) is 0 Å². The second kappa shape index (κ2) is 10.6. The van der Waals surface area contributed by atoms with E-state index in [1.54, 1.807) is 0 Å². The Balaban J connectivity index is 1.53. The Morgan fingerprint density at radius 2 is 1.38 bits per heavy atom. The Hall–Kier alpha value is -1.54. The maximum atomic E-state index is 9.99. The molecule has 6 heteroatoms. The summed E-state index contributed by atoms with van der Waals surface area (Å²) in [6.07, 6.45) is -0.675. The second-order valence-electron chi connectivity index (χ2n) is 11.2. The van der Waals surface area contributed by atoms with Gasteiger partial charge >= 0.3 is 0 Å². The fourth-order valence-electron chi connectivity index (χ4n) is 4.51. The maximum absolute atomic E-state index is 9.99. The summed E-state index contributed by atoms with van der Waals surface area (Å²) in [7, 11) is -1.96. The molecular weight excluding hydrogens is 444 g/mol. The van der Waals surface area contributed by atoms with Crippen molar-refractivity contribution in [2.45, 2.75) is 76.5 Å². The van der Waals surface area contributed by atoms with Gasteiger partial charge in [-0.15, -0.1) is 0 Å². The molecule has 2 aromatic rings. The highest BCUT2D eigenvalue weighted by molar-refractivity contribution is 6.74. The lowest BCUT2D eigenvalue weighted by molar-refractivity contribution is -0.194. The zero-order valence-corrected chi connectivity index (χ0v) is 22.1. The van der Waals surface area contributed by atoms with Crippen LogP contribution in [0, 0.1) is 11.8 Å².